The van der Waals surface area contributed by atoms with E-state index in [4.69, 9.17) is 14.2 Å². The Bertz CT molecular complexity index is 638. The number of para-hydroxylation sites is 1. The van der Waals surface area contributed by atoms with E-state index in [1.807, 2.05) is 31.2 Å². The van der Waals surface area contributed by atoms with Gasteiger partial charge >= 0.3 is 0 Å². The van der Waals surface area contributed by atoms with Crippen LogP contribution in [0.4, 0.5) is 0 Å². The summed E-state index contributed by atoms with van der Waals surface area (Å²) in [5.41, 5.74) is 1.51. The number of ether oxygens (including phenoxy) is 3. The third-order valence-electron chi connectivity index (χ3n) is 4.53. The smallest absolute Gasteiger partial charge is 0.250 e. The first-order valence-electron chi connectivity index (χ1n) is 8.88. The van der Waals surface area contributed by atoms with Gasteiger partial charge in [-0.2, -0.15) is 0 Å². The van der Waals surface area contributed by atoms with Gasteiger partial charge in [0.1, 0.15) is 6.61 Å². The summed E-state index contributed by atoms with van der Waals surface area (Å²) < 4.78 is 16.7. The van der Waals surface area contributed by atoms with E-state index < -0.39 is 0 Å². The van der Waals surface area contributed by atoms with Crippen molar-refractivity contribution in [3.05, 3.63) is 29.3 Å². The van der Waals surface area contributed by atoms with E-state index in [0.29, 0.717) is 24.5 Å². The summed E-state index contributed by atoms with van der Waals surface area (Å²) >= 11 is 0. The number of hydrogen-bond donors (Lipinski definition) is 1. The number of carbonyl (C=O) groups is 1. The molecule has 1 aromatic rings. The van der Waals surface area contributed by atoms with Crippen molar-refractivity contribution < 1.29 is 19.0 Å². The summed E-state index contributed by atoms with van der Waals surface area (Å²) in [6, 6.07) is 6.01. The molecule has 1 aromatic carbocycles. The molecule has 1 saturated heterocycles. The van der Waals surface area contributed by atoms with Crippen LogP contribution in [-0.2, 0) is 9.53 Å². The molecular formula is C19H26N2O4. The van der Waals surface area contributed by atoms with Crippen LogP contribution in [0, 0.1) is 0 Å². The summed E-state index contributed by atoms with van der Waals surface area (Å²) in [5, 5.41) is 3.02. The van der Waals surface area contributed by atoms with Gasteiger partial charge in [0.2, 0.25) is 0 Å². The van der Waals surface area contributed by atoms with Crippen molar-refractivity contribution in [2.45, 2.75) is 19.9 Å². The van der Waals surface area contributed by atoms with Crippen molar-refractivity contribution in [3.8, 4) is 11.5 Å². The first-order valence-corrected chi connectivity index (χ1v) is 8.88. The van der Waals surface area contributed by atoms with Crippen LogP contribution >= 0.6 is 0 Å². The van der Waals surface area contributed by atoms with Crippen LogP contribution in [0.5, 0.6) is 11.5 Å². The standard InChI is InChI=1S/C19H26N2O4/c1-3-24-17-6-4-5-15-11-16(13-25-18(15)17)19(22)20-12-14(2)21-7-9-23-10-8-21/h4-6,11,14H,3,7-10,12-13H2,1-2H3,(H,20,22)/t14-/m0/s1. The van der Waals surface area contributed by atoms with Crippen LogP contribution in [-0.4, -0.2) is 62.9 Å². The number of morpholine rings is 1. The monoisotopic (exact) mass is 346 g/mol. The Hall–Kier alpha value is -2.05. The number of rotatable bonds is 6. The number of hydrogen-bond acceptors (Lipinski definition) is 5. The lowest BCUT2D eigenvalue weighted by Gasteiger charge is -2.32. The molecule has 0 saturated carbocycles. The molecule has 136 valence electrons. The molecule has 0 radical (unpaired) electrons. The van der Waals surface area contributed by atoms with Gasteiger partial charge in [-0.15, -0.1) is 0 Å². The van der Waals surface area contributed by atoms with Gasteiger partial charge in [0.05, 0.1) is 25.4 Å². The fourth-order valence-corrected chi connectivity index (χ4v) is 3.08. The van der Waals surface area contributed by atoms with Crippen molar-refractivity contribution in [2.75, 3.05) is 46.1 Å². The second kappa shape index (κ2) is 8.36. The molecule has 0 bridgehead atoms. The molecule has 2 aliphatic heterocycles. The molecule has 1 amide bonds. The zero-order valence-corrected chi connectivity index (χ0v) is 14.9. The number of fused-ring (bicyclic) bond motifs is 1. The van der Waals surface area contributed by atoms with Crippen molar-refractivity contribution in [2.24, 2.45) is 0 Å². The average Bonchev–Trinajstić information content (AvgIpc) is 2.66. The van der Waals surface area contributed by atoms with E-state index in [-0.39, 0.29) is 18.6 Å². The first-order chi connectivity index (χ1) is 12.2. The van der Waals surface area contributed by atoms with E-state index in [1.54, 1.807) is 0 Å². The minimum Gasteiger partial charge on any atom is -0.490 e. The molecule has 0 aromatic heterocycles. The molecule has 3 rings (SSSR count). The summed E-state index contributed by atoms with van der Waals surface area (Å²) in [6.07, 6.45) is 1.89. The highest BCUT2D eigenvalue weighted by atomic mass is 16.5. The molecule has 1 N–H and O–H groups in total. The number of benzene rings is 1. The molecule has 0 spiro atoms. The fourth-order valence-electron chi connectivity index (χ4n) is 3.08. The lowest BCUT2D eigenvalue weighted by Crippen LogP contribution is -2.47. The third-order valence-corrected chi connectivity index (χ3v) is 4.53. The maximum absolute atomic E-state index is 12.5. The molecule has 1 atom stereocenters. The summed E-state index contributed by atoms with van der Waals surface area (Å²) in [4.78, 5) is 14.8. The Morgan fingerprint density at radius 1 is 1.36 bits per heavy atom. The highest BCUT2D eigenvalue weighted by molar-refractivity contribution is 5.99. The van der Waals surface area contributed by atoms with E-state index in [1.165, 1.54) is 0 Å². The van der Waals surface area contributed by atoms with Crippen molar-refractivity contribution in [1.29, 1.82) is 0 Å². The maximum Gasteiger partial charge on any atom is 0.250 e. The summed E-state index contributed by atoms with van der Waals surface area (Å²) in [7, 11) is 0. The molecular weight excluding hydrogens is 320 g/mol. The Balaban J connectivity index is 1.60. The first kappa shape index (κ1) is 17.8. The van der Waals surface area contributed by atoms with Crippen molar-refractivity contribution >= 4 is 12.0 Å². The van der Waals surface area contributed by atoms with Gasteiger partial charge in [-0.05, 0) is 26.0 Å². The quantitative estimate of drug-likeness (QED) is 0.850. The number of carbonyl (C=O) groups excluding carboxylic acids is 1. The van der Waals surface area contributed by atoms with Gasteiger partial charge in [0, 0.05) is 31.2 Å². The van der Waals surface area contributed by atoms with Gasteiger partial charge < -0.3 is 19.5 Å². The fraction of sp³-hybridized carbons (Fsp3) is 0.526. The van der Waals surface area contributed by atoms with Crippen LogP contribution in [0.1, 0.15) is 19.4 Å². The number of amides is 1. The molecule has 2 aliphatic rings. The van der Waals surface area contributed by atoms with Crippen molar-refractivity contribution in [3.63, 3.8) is 0 Å². The molecule has 2 heterocycles. The van der Waals surface area contributed by atoms with Crippen molar-refractivity contribution in [1.82, 2.24) is 10.2 Å². The predicted molar refractivity (Wildman–Crippen MR) is 95.9 cm³/mol. The van der Waals surface area contributed by atoms with Gasteiger partial charge in [-0.3, -0.25) is 9.69 Å². The Kier molecular flexibility index (Phi) is 5.94. The SMILES string of the molecule is CCOc1cccc2c1OCC(C(=O)NC[C@H](C)N1CCOCC1)=C2. The second-order valence-corrected chi connectivity index (χ2v) is 6.27. The zero-order chi connectivity index (χ0) is 17.6. The molecule has 6 heteroatoms. The van der Waals surface area contributed by atoms with Crippen LogP contribution in [0.3, 0.4) is 0 Å². The minimum absolute atomic E-state index is 0.0763. The molecule has 0 unspecified atom stereocenters. The second-order valence-electron chi connectivity index (χ2n) is 6.27. The van der Waals surface area contributed by atoms with Crippen LogP contribution < -0.4 is 14.8 Å². The molecule has 6 nitrogen and oxygen atoms in total. The van der Waals surface area contributed by atoms with E-state index in [2.05, 4.69) is 17.1 Å². The summed E-state index contributed by atoms with van der Waals surface area (Å²) in [5.74, 6) is 1.35. The van der Waals surface area contributed by atoms with Gasteiger partial charge in [0.15, 0.2) is 11.5 Å². The Morgan fingerprint density at radius 3 is 2.92 bits per heavy atom. The normalized spacial score (nSPS) is 18.6. The lowest BCUT2D eigenvalue weighted by molar-refractivity contribution is -0.118. The van der Waals surface area contributed by atoms with E-state index >= 15 is 0 Å². The highest BCUT2D eigenvalue weighted by Crippen LogP contribution is 2.35. The minimum atomic E-state index is -0.0763. The van der Waals surface area contributed by atoms with Gasteiger partial charge in [-0.25, -0.2) is 0 Å². The molecule has 1 fully saturated rings. The molecule has 25 heavy (non-hydrogen) atoms. The van der Waals surface area contributed by atoms with Crippen LogP contribution in [0.2, 0.25) is 0 Å². The Labute approximate surface area is 148 Å². The largest absolute Gasteiger partial charge is 0.490 e. The molecule has 0 aliphatic carbocycles. The third kappa shape index (κ3) is 4.32. The van der Waals surface area contributed by atoms with Gasteiger partial charge in [-0.1, -0.05) is 12.1 Å². The van der Waals surface area contributed by atoms with Crippen LogP contribution in [0.25, 0.3) is 6.08 Å². The summed E-state index contributed by atoms with van der Waals surface area (Å²) in [6.45, 7) is 8.86. The topological polar surface area (TPSA) is 60.0 Å². The lowest BCUT2D eigenvalue weighted by atomic mass is 10.1. The maximum atomic E-state index is 12.5. The predicted octanol–water partition coefficient (Wildman–Crippen LogP) is 1.70. The average molecular weight is 346 g/mol. The van der Waals surface area contributed by atoms with E-state index in [9.17, 15) is 4.79 Å². The zero-order valence-electron chi connectivity index (χ0n) is 14.9. The number of nitrogens with one attached hydrogen (secondary N) is 1. The highest BCUT2D eigenvalue weighted by Gasteiger charge is 2.22. The Morgan fingerprint density at radius 2 is 2.16 bits per heavy atom. The van der Waals surface area contributed by atoms with E-state index in [0.717, 1.165) is 37.6 Å². The number of nitrogens with zero attached hydrogens (tertiary/aromatic N) is 1. The van der Waals surface area contributed by atoms with Crippen LogP contribution in [0.15, 0.2) is 23.8 Å². The van der Waals surface area contributed by atoms with Gasteiger partial charge in [0.25, 0.3) is 5.91 Å².